The molecule has 1 aromatic carbocycles. The molecule has 0 aliphatic heterocycles. The number of aryl methyl sites for hydroxylation is 2. The highest BCUT2D eigenvalue weighted by Gasteiger charge is 2.22. The van der Waals surface area contributed by atoms with Gasteiger partial charge in [0.2, 0.25) is 0 Å². The summed E-state index contributed by atoms with van der Waals surface area (Å²) in [5, 5.41) is 0.790. The zero-order valence-electron chi connectivity index (χ0n) is 12.9. The highest BCUT2D eigenvalue weighted by molar-refractivity contribution is 6.31. The smallest absolute Gasteiger partial charge is 0.128 e. The van der Waals surface area contributed by atoms with Crippen molar-refractivity contribution in [1.82, 2.24) is 4.57 Å². The SMILES string of the molecule is COc1cc(C)c(Cl)cc1-c1ccc(C)n1CCC1CC1. The number of nitrogens with zero attached hydrogens (tertiary/aromatic N) is 1. The number of hydrogen-bond donors (Lipinski definition) is 0. The molecule has 2 aromatic rings. The first-order chi connectivity index (χ1) is 10.1. The molecule has 0 saturated heterocycles. The Morgan fingerprint density at radius 2 is 2.00 bits per heavy atom. The van der Waals surface area contributed by atoms with Crippen molar-refractivity contribution >= 4 is 11.6 Å². The van der Waals surface area contributed by atoms with Crippen LogP contribution in [0, 0.1) is 19.8 Å². The molecule has 112 valence electrons. The highest BCUT2D eigenvalue weighted by Crippen LogP contribution is 2.37. The fourth-order valence-electron chi connectivity index (χ4n) is 2.84. The molecular formula is C18H22ClNO. The van der Waals surface area contributed by atoms with Crippen LogP contribution in [-0.4, -0.2) is 11.7 Å². The summed E-state index contributed by atoms with van der Waals surface area (Å²) in [6.07, 6.45) is 4.06. The molecule has 21 heavy (non-hydrogen) atoms. The van der Waals surface area contributed by atoms with Crippen LogP contribution < -0.4 is 4.74 Å². The zero-order chi connectivity index (χ0) is 15.0. The number of rotatable bonds is 5. The Morgan fingerprint density at radius 1 is 1.24 bits per heavy atom. The lowest BCUT2D eigenvalue weighted by atomic mass is 10.1. The molecule has 1 aliphatic carbocycles. The first kappa shape index (κ1) is 14.5. The van der Waals surface area contributed by atoms with Gasteiger partial charge in [-0.2, -0.15) is 0 Å². The number of methoxy groups -OCH3 is 1. The van der Waals surface area contributed by atoms with Gasteiger partial charge in [-0.3, -0.25) is 0 Å². The molecule has 0 N–H and O–H groups in total. The monoisotopic (exact) mass is 303 g/mol. The maximum atomic E-state index is 6.32. The van der Waals surface area contributed by atoms with Gasteiger partial charge in [0.1, 0.15) is 5.75 Å². The van der Waals surface area contributed by atoms with Crippen LogP contribution in [0.4, 0.5) is 0 Å². The van der Waals surface area contributed by atoms with E-state index in [4.69, 9.17) is 16.3 Å². The second-order valence-corrected chi connectivity index (χ2v) is 6.45. The van der Waals surface area contributed by atoms with Gasteiger partial charge in [0.05, 0.1) is 12.8 Å². The number of hydrogen-bond acceptors (Lipinski definition) is 1. The van der Waals surface area contributed by atoms with Crippen molar-refractivity contribution in [2.75, 3.05) is 7.11 Å². The van der Waals surface area contributed by atoms with Crippen molar-refractivity contribution in [2.45, 2.75) is 39.7 Å². The Morgan fingerprint density at radius 3 is 2.67 bits per heavy atom. The van der Waals surface area contributed by atoms with Gasteiger partial charge in [-0.25, -0.2) is 0 Å². The third-order valence-corrected chi connectivity index (χ3v) is 4.82. The maximum absolute atomic E-state index is 6.32. The molecule has 0 radical (unpaired) electrons. The molecule has 1 heterocycles. The van der Waals surface area contributed by atoms with E-state index in [-0.39, 0.29) is 0 Å². The first-order valence-electron chi connectivity index (χ1n) is 7.60. The quantitative estimate of drug-likeness (QED) is 0.737. The van der Waals surface area contributed by atoms with Crippen molar-refractivity contribution in [2.24, 2.45) is 5.92 Å². The number of benzene rings is 1. The highest BCUT2D eigenvalue weighted by atomic mass is 35.5. The Labute approximate surface area is 131 Å². The Bertz CT molecular complexity index is 655. The van der Waals surface area contributed by atoms with E-state index in [1.807, 2.05) is 19.1 Å². The molecule has 1 aromatic heterocycles. The van der Waals surface area contributed by atoms with Crippen LogP contribution in [0.2, 0.25) is 5.02 Å². The summed E-state index contributed by atoms with van der Waals surface area (Å²) in [6, 6.07) is 8.39. The number of halogens is 1. The lowest BCUT2D eigenvalue weighted by Crippen LogP contribution is -2.04. The van der Waals surface area contributed by atoms with Crippen molar-refractivity contribution in [3.8, 4) is 17.0 Å². The van der Waals surface area contributed by atoms with Gasteiger partial charge in [-0.05, 0) is 56.0 Å². The fourth-order valence-corrected chi connectivity index (χ4v) is 3.01. The van der Waals surface area contributed by atoms with Crippen LogP contribution in [0.3, 0.4) is 0 Å². The third kappa shape index (κ3) is 2.96. The van der Waals surface area contributed by atoms with Crippen molar-refractivity contribution in [3.63, 3.8) is 0 Å². The summed E-state index contributed by atoms with van der Waals surface area (Å²) in [5.74, 6) is 1.82. The molecule has 0 bridgehead atoms. The molecule has 1 saturated carbocycles. The third-order valence-electron chi connectivity index (χ3n) is 4.41. The number of ether oxygens (including phenoxy) is 1. The second kappa shape index (κ2) is 5.76. The average molecular weight is 304 g/mol. The van der Waals surface area contributed by atoms with Crippen LogP contribution >= 0.6 is 11.6 Å². The van der Waals surface area contributed by atoms with Gasteiger partial charge in [0.25, 0.3) is 0 Å². The minimum atomic E-state index is 0.790. The van der Waals surface area contributed by atoms with E-state index in [1.165, 1.54) is 30.7 Å². The largest absolute Gasteiger partial charge is 0.496 e. The average Bonchev–Trinajstić information content (AvgIpc) is 3.22. The van der Waals surface area contributed by atoms with Crippen LogP contribution in [0.15, 0.2) is 24.3 Å². The number of aromatic nitrogens is 1. The minimum Gasteiger partial charge on any atom is -0.496 e. The molecule has 3 heteroatoms. The fraction of sp³-hybridized carbons (Fsp3) is 0.444. The van der Waals surface area contributed by atoms with Crippen molar-refractivity contribution in [1.29, 1.82) is 0 Å². The standard InChI is InChI=1S/C18H22ClNO/c1-12-10-18(21-3)15(11-16(12)19)17-7-4-13(2)20(17)9-8-14-5-6-14/h4,7,10-11,14H,5-6,8-9H2,1-3H3. The molecule has 3 rings (SSSR count). The van der Waals surface area contributed by atoms with Gasteiger partial charge in [0.15, 0.2) is 0 Å². The van der Waals surface area contributed by atoms with E-state index in [0.717, 1.165) is 34.4 Å². The summed E-state index contributed by atoms with van der Waals surface area (Å²) in [7, 11) is 1.72. The van der Waals surface area contributed by atoms with E-state index in [9.17, 15) is 0 Å². The molecule has 0 unspecified atom stereocenters. The first-order valence-corrected chi connectivity index (χ1v) is 7.98. The van der Waals surface area contributed by atoms with Gasteiger partial charge < -0.3 is 9.30 Å². The molecule has 1 fully saturated rings. The van der Waals surface area contributed by atoms with Crippen LogP contribution in [-0.2, 0) is 6.54 Å². The summed E-state index contributed by atoms with van der Waals surface area (Å²) >= 11 is 6.32. The van der Waals surface area contributed by atoms with Crippen LogP contribution in [0.5, 0.6) is 5.75 Å². The summed E-state index contributed by atoms with van der Waals surface area (Å²) in [5.41, 5.74) is 4.62. The van der Waals surface area contributed by atoms with E-state index < -0.39 is 0 Å². The lowest BCUT2D eigenvalue weighted by Gasteiger charge is -2.15. The van der Waals surface area contributed by atoms with E-state index in [0.29, 0.717) is 0 Å². The maximum Gasteiger partial charge on any atom is 0.128 e. The molecule has 1 aliphatic rings. The summed E-state index contributed by atoms with van der Waals surface area (Å²) < 4.78 is 7.96. The minimum absolute atomic E-state index is 0.790. The molecule has 2 nitrogen and oxygen atoms in total. The summed E-state index contributed by atoms with van der Waals surface area (Å²) in [6.45, 7) is 5.25. The van der Waals surface area contributed by atoms with Gasteiger partial charge in [-0.1, -0.05) is 24.4 Å². The van der Waals surface area contributed by atoms with E-state index in [2.05, 4.69) is 23.6 Å². The van der Waals surface area contributed by atoms with Crippen molar-refractivity contribution < 1.29 is 4.74 Å². The van der Waals surface area contributed by atoms with E-state index in [1.54, 1.807) is 7.11 Å². The predicted octanol–water partition coefficient (Wildman–Crippen LogP) is 5.23. The molecule has 0 spiro atoms. The van der Waals surface area contributed by atoms with Gasteiger partial charge in [0, 0.05) is 22.8 Å². The molecular weight excluding hydrogens is 282 g/mol. The normalized spacial score (nSPS) is 14.5. The topological polar surface area (TPSA) is 14.2 Å². The van der Waals surface area contributed by atoms with Crippen LogP contribution in [0.25, 0.3) is 11.3 Å². The van der Waals surface area contributed by atoms with Gasteiger partial charge in [-0.15, -0.1) is 0 Å². The Kier molecular flexibility index (Phi) is 3.99. The molecule has 0 amide bonds. The van der Waals surface area contributed by atoms with Crippen molar-refractivity contribution in [3.05, 3.63) is 40.5 Å². The lowest BCUT2D eigenvalue weighted by molar-refractivity contribution is 0.415. The Balaban J connectivity index is 2.01. The predicted molar refractivity (Wildman–Crippen MR) is 88.2 cm³/mol. The Hall–Kier alpha value is -1.41. The van der Waals surface area contributed by atoms with Crippen LogP contribution in [0.1, 0.15) is 30.5 Å². The zero-order valence-corrected chi connectivity index (χ0v) is 13.7. The summed E-state index contributed by atoms with van der Waals surface area (Å²) in [4.78, 5) is 0. The molecule has 0 atom stereocenters. The van der Waals surface area contributed by atoms with Gasteiger partial charge >= 0.3 is 0 Å². The van der Waals surface area contributed by atoms with E-state index >= 15 is 0 Å². The second-order valence-electron chi connectivity index (χ2n) is 6.05.